The third-order valence-electron chi connectivity index (χ3n) is 4.33. The van der Waals surface area contributed by atoms with Gasteiger partial charge in [-0.3, -0.25) is 15.2 Å². The molecule has 2 aromatic carbocycles. The number of nitrogens with two attached hydrogens (primary N) is 1. The third-order valence-corrected chi connectivity index (χ3v) is 6.72. The van der Waals surface area contributed by atoms with E-state index in [0.717, 1.165) is 8.72 Å². The Bertz CT molecular complexity index is 1270. The van der Waals surface area contributed by atoms with Gasteiger partial charge in [0.15, 0.2) is 0 Å². The van der Waals surface area contributed by atoms with Crippen molar-refractivity contribution in [1.29, 1.82) is 5.41 Å². The van der Waals surface area contributed by atoms with Crippen LogP contribution in [0.4, 0.5) is 5.69 Å². The summed E-state index contributed by atoms with van der Waals surface area (Å²) in [6.07, 6.45) is 2.82. The minimum Gasteiger partial charge on any atom is -0.480 e. The van der Waals surface area contributed by atoms with E-state index in [1.807, 2.05) is 0 Å². The number of fused-ring (bicyclic) bond motifs is 1. The largest absolute Gasteiger partial charge is 0.480 e. The summed E-state index contributed by atoms with van der Waals surface area (Å²) in [4.78, 5) is 15.2. The fraction of sp³-hybridized carbons (Fsp3) is 0.105. The molecule has 0 fully saturated rings. The number of carbonyl (C=O) groups is 1. The van der Waals surface area contributed by atoms with E-state index in [0.29, 0.717) is 27.0 Å². The number of aliphatic carboxylic acids is 1. The lowest BCUT2D eigenvalue weighted by Crippen LogP contribution is -2.35. The second kappa shape index (κ2) is 9.06. The molecule has 0 aliphatic carbocycles. The molecule has 0 saturated heterocycles. The van der Waals surface area contributed by atoms with E-state index in [2.05, 4.69) is 4.98 Å². The highest BCUT2D eigenvalue weighted by Crippen LogP contribution is 2.30. The maximum atomic E-state index is 13.2. The Morgan fingerprint density at radius 1 is 1.19 bits per heavy atom. The number of sulfonamides is 1. The Labute approximate surface area is 188 Å². The first kappa shape index (κ1) is 22.8. The van der Waals surface area contributed by atoms with E-state index in [-0.39, 0.29) is 11.4 Å². The van der Waals surface area contributed by atoms with Gasteiger partial charge in [-0.25, -0.2) is 12.8 Å². The number of benzene rings is 2. The van der Waals surface area contributed by atoms with Crippen LogP contribution < -0.4 is 10.2 Å². The first-order valence-electron chi connectivity index (χ1n) is 8.73. The molecule has 0 saturated carbocycles. The van der Waals surface area contributed by atoms with Gasteiger partial charge >= 0.3 is 5.97 Å². The van der Waals surface area contributed by atoms with Gasteiger partial charge in [0.05, 0.1) is 16.8 Å². The molecule has 0 aliphatic rings. The highest BCUT2D eigenvalue weighted by Gasteiger charge is 2.27. The predicted molar refractivity (Wildman–Crippen MR) is 119 cm³/mol. The number of anilines is 1. The number of nitrogens with one attached hydrogen (secondary N) is 1. The van der Waals surface area contributed by atoms with Crippen molar-refractivity contribution in [2.24, 2.45) is 5.73 Å². The fourth-order valence-corrected chi connectivity index (χ4v) is 4.71. The first-order chi connectivity index (χ1) is 14.6. The van der Waals surface area contributed by atoms with Crippen LogP contribution in [0.1, 0.15) is 5.56 Å². The Morgan fingerprint density at radius 2 is 1.94 bits per heavy atom. The number of guanidine groups is 1. The summed E-state index contributed by atoms with van der Waals surface area (Å²) in [5.41, 5.74) is 6.26. The average Bonchev–Trinajstić information content (AvgIpc) is 2.71. The molecule has 0 atom stereocenters. The number of hydrogen-bond acceptors (Lipinski definition) is 5. The molecule has 4 N–H and O–H groups in total. The number of carboxylic acids is 1. The van der Waals surface area contributed by atoms with Gasteiger partial charge in [0, 0.05) is 40.3 Å². The molecular weight excluding hydrogens is 465 g/mol. The number of hydrogen-bond donors (Lipinski definition) is 3. The van der Waals surface area contributed by atoms with E-state index in [4.69, 9.17) is 34.5 Å². The van der Waals surface area contributed by atoms with E-state index >= 15 is 0 Å². The zero-order chi connectivity index (χ0) is 22.8. The normalized spacial score (nSPS) is 11.6. The Hall–Kier alpha value is -2.92. The summed E-state index contributed by atoms with van der Waals surface area (Å²) in [6, 6.07) is 10.7. The predicted octanol–water partition coefficient (Wildman–Crippen LogP) is 3.02. The van der Waals surface area contributed by atoms with Gasteiger partial charge in [0.1, 0.15) is 6.54 Å². The highest BCUT2D eigenvalue weighted by atomic mass is 35.5. The topological polar surface area (TPSA) is 141 Å². The summed E-state index contributed by atoms with van der Waals surface area (Å²) >= 11 is 12.0. The van der Waals surface area contributed by atoms with E-state index < -0.39 is 28.5 Å². The fourth-order valence-electron chi connectivity index (χ4n) is 2.95. The number of aromatic nitrogens is 1. The lowest BCUT2D eigenvalue weighted by molar-refractivity contribution is -0.137. The summed E-state index contributed by atoms with van der Waals surface area (Å²) in [5, 5.41) is 18.1. The number of rotatable bonds is 7. The minimum absolute atomic E-state index is 0.119. The van der Waals surface area contributed by atoms with E-state index in [1.165, 1.54) is 30.6 Å². The summed E-state index contributed by atoms with van der Waals surface area (Å²) in [5.74, 6) is -1.73. The van der Waals surface area contributed by atoms with E-state index in [1.54, 1.807) is 24.3 Å². The van der Waals surface area contributed by atoms with Crippen LogP contribution in [-0.4, -0.2) is 41.3 Å². The molecule has 0 bridgehead atoms. The Balaban J connectivity index is 2.04. The number of nitrogens with zero attached hydrogens (tertiary/aromatic N) is 3. The molecular formula is C19H17Cl2N5O4S. The average molecular weight is 482 g/mol. The standard InChI is InChI=1S/C19H17Cl2N5O4S/c20-14-3-1-2-12(6-14)10-25(11-18(27)28)31(29,30)15-4-5-16-13(7-15)8-24-9-17(16)26(21)19(22)23/h1-9H,10-11H2,(H3,22,23)(H,27,28). The molecule has 162 valence electrons. The molecule has 1 heterocycles. The third kappa shape index (κ3) is 5.05. The van der Waals surface area contributed by atoms with Crippen molar-refractivity contribution in [2.45, 2.75) is 11.4 Å². The minimum atomic E-state index is -4.18. The molecule has 0 amide bonds. The summed E-state index contributed by atoms with van der Waals surface area (Å²) in [7, 11) is -4.18. The van der Waals surface area contributed by atoms with Gasteiger partial charge in [-0.1, -0.05) is 29.8 Å². The maximum absolute atomic E-state index is 13.2. The van der Waals surface area contributed by atoms with Crippen molar-refractivity contribution in [3.8, 4) is 0 Å². The first-order valence-corrected chi connectivity index (χ1v) is 10.9. The number of pyridine rings is 1. The van der Waals surface area contributed by atoms with Gasteiger partial charge in [-0.2, -0.15) is 4.31 Å². The molecule has 9 nitrogen and oxygen atoms in total. The maximum Gasteiger partial charge on any atom is 0.318 e. The van der Waals surface area contributed by atoms with Crippen molar-refractivity contribution in [1.82, 2.24) is 9.29 Å². The van der Waals surface area contributed by atoms with Crippen molar-refractivity contribution in [3.63, 3.8) is 0 Å². The van der Waals surface area contributed by atoms with Crippen LogP contribution in [0, 0.1) is 5.41 Å². The van der Waals surface area contributed by atoms with Crippen LogP contribution in [-0.2, 0) is 21.4 Å². The van der Waals surface area contributed by atoms with Crippen LogP contribution in [0.3, 0.4) is 0 Å². The van der Waals surface area contributed by atoms with Crippen LogP contribution in [0.25, 0.3) is 10.8 Å². The number of halogens is 2. The van der Waals surface area contributed by atoms with Gasteiger partial charge in [0.2, 0.25) is 16.0 Å². The zero-order valence-corrected chi connectivity index (χ0v) is 18.2. The van der Waals surface area contributed by atoms with Crippen LogP contribution in [0.15, 0.2) is 59.8 Å². The summed E-state index contributed by atoms with van der Waals surface area (Å²) < 4.78 is 28.2. The molecule has 0 spiro atoms. The molecule has 0 radical (unpaired) electrons. The lowest BCUT2D eigenvalue weighted by atomic mass is 10.1. The van der Waals surface area contributed by atoms with Crippen molar-refractivity contribution < 1.29 is 18.3 Å². The Kier molecular flexibility index (Phi) is 6.65. The molecule has 0 unspecified atom stereocenters. The van der Waals surface area contributed by atoms with Crippen molar-refractivity contribution >= 4 is 61.8 Å². The highest BCUT2D eigenvalue weighted by molar-refractivity contribution is 7.89. The van der Waals surface area contributed by atoms with Gasteiger partial charge in [-0.05, 0) is 29.8 Å². The van der Waals surface area contributed by atoms with Crippen molar-refractivity contribution in [2.75, 3.05) is 11.0 Å². The van der Waals surface area contributed by atoms with Gasteiger partial charge < -0.3 is 10.8 Å². The van der Waals surface area contributed by atoms with Crippen LogP contribution >= 0.6 is 23.4 Å². The molecule has 3 aromatic rings. The summed E-state index contributed by atoms with van der Waals surface area (Å²) in [6.45, 7) is -0.906. The number of carboxylic acid groups (broad SMARTS) is 1. The quantitative estimate of drug-likeness (QED) is 0.267. The molecule has 0 aliphatic heterocycles. The van der Waals surface area contributed by atoms with Crippen LogP contribution in [0.2, 0.25) is 5.02 Å². The monoisotopic (exact) mass is 481 g/mol. The molecule has 3 rings (SSSR count). The molecule has 12 heteroatoms. The van der Waals surface area contributed by atoms with Gasteiger partial charge in [-0.15, -0.1) is 0 Å². The second-order valence-corrected chi connectivity index (χ2v) is 9.22. The van der Waals surface area contributed by atoms with Gasteiger partial charge in [0.25, 0.3) is 0 Å². The van der Waals surface area contributed by atoms with Crippen LogP contribution in [0.5, 0.6) is 0 Å². The zero-order valence-electron chi connectivity index (χ0n) is 15.9. The second-order valence-electron chi connectivity index (χ2n) is 6.50. The van der Waals surface area contributed by atoms with E-state index in [9.17, 15) is 18.3 Å². The molecule has 31 heavy (non-hydrogen) atoms. The SMILES string of the molecule is N=C(N)N(Cl)c1cncc2cc(S(=O)(=O)N(CC(=O)O)Cc3cccc(Cl)c3)ccc12. The van der Waals surface area contributed by atoms with Crippen molar-refractivity contribution in [3.05, 3.63) is 65.4 Å². The smallest absolute Gasteiger partial charge is 0.318 e. The Morgan fingerprint density at radius 3 is 2.58 bits per heavy atom. The molecule has 1 aromatic heterocycles. The lowest BCUT2D eigenvalue weighted by Gasteiger charge is -2.21.